The molecule has 12 heterocycles. The molecule has 12 fully saturated rings. The summed E-state index contributed by atoms with van der Waals surface area (Å²) in [5.74, 6) is -1.82. The van der Waals surface area contributed by atoms with Crippen LogP contribution in [-0.4, -0.2) is 643 Å². The lowest BCUT2D eigenvalue weighted by atomic mass is 9.94. The fourth-order valence-corrected chi connectivity index (χ4v) is 18.0. The summed E-state index contributed by atoms with van der Waals surface area (Å²) in [6, 6.07) is -3.70. The van der Waals surface area contributed by atoms with E-state index >= 15 is 0 Å². The summed E-state index contributed by atoms with van der Waals surface area (Å²) in [4.78, 5) is 25.3. The average Bonchev–Trinajstić information content (AvgIpc) is 0.763. The fourth-order valence-electron chi connectivity index (χ4n) is 18.0. The van der Waals surface area contributed by atoms with Gasteiger partial charge in [-0.3, -0.25) is 9.59 Å². The minimum atomic E-state index is -2.70. The molecular formula is C76H128N2O61. The normalized spacial score (nSPS) is 51.9. The summed E-state index contributed by atoms with van der Waals surface area (Å²) in [5, 5.41) is 408. The first-order valence-electron chi connectivity index (χ1n) is 44.2. The SMILES string of the molecule is CC(=O)N[C@@H]1[C@@H](O)[C@H](O[C@@H]2O[C@H](CO)[C@@H](O[C@@H]3O[C@H](CO[C@H]4O[C@H](CO)[C@@H](O)[C@H](O[C@H]5O[C@H](CO)[C@@H](O)[C@H](O)[C@@H]5O[C@H]5O[C@H](CO)[C@@H](O)[C@H](O)[C@@H]5O)[C@@H]4O)[C@@H](O)[C@H](O[C@H]4O[C@H](CO)[C@@H](O)[C@H](O)[C@@H]4O[C@H]4O[C@H](CO)[C@@H](O)[C@H](O)[C@@H]4O[C@H]4O[C@H](CO)[C@@H](O)[C@H](O[C@H]5O[C@H](CO)[C@@H](O)[C@H](O[C@H]6O[C@H](CO)[C@@H](O)[C@H](O)[C@H]6O[C@H]6O[C@H](CO)[C@@H](O)[C@H](O)[C@H]6O)[C@H]5O)[C@@H]4O)[C@@H]3O)[C@H](O)[C@H]2NC(C)=O)[C@@H](CO)O[C@H]1O. The maximum Gasteiger partial charge on any atom is 0.217 e. The third-order valence-electron chi connectivity index (χ3n) is 25.9. The second-order valence-electron chi connectivity index (χ2n) is 35.1. The molecule has 12 aliphatic rings. The second kappa shape index (κ2) is 49.8. The van der Waals surface area contributed by atoms with Crippen LogP contribution in [0.15, 0.2) is 0 Å². The highest BCUT2D eigenvalue weighted by Crippen LogP contribution is 2.43. The van der Waals surface area contributed by atoms with E-state index in [0.717, 1.165) is 13.8 Å². The first-order valence-corrected chi connectivity index (χ1v) is 44.2. The smallest absolute Gasteiger partial charge is 0.217 e. The van der Waals surface area contributed by atoms with Gasteiger partial charge >= 0.3 is 0 Å². The van der Waals surface area contributed by atoms with E-state index in [-0.39, 0.29) is 0 Å². The van der Waals surface area contributed by atoms with E-state index in [2.05, 4.69) is 10.6 Å². The van der Waals surface area contributed by atoms with Crippen molar-refractivity contribution in [3.05, 3.63) is 0 Å². The van der Waals surface area contributed by atoms with Crippen molar-refractivity contribution in [3.8, 4) is 0 Å². The standard InChI is InChI=1S/C76H128N2O61/c1-15(90)77-29-41(102)55(26(12-88)118-65(29)116)130-66-30(78-16(2)91)42(103)56(27(13-89)128-66)131-72-54(115)60(40(101)28(129-72)14-117-67-51(112)57(37(98)23(9-85)119-67)133-73-61(45(106)33(94)19(5-81)124-73)136-68-49(110)43(104)31(92)17(3-79)120-68)135-75-64(48(109)36(97)21(7-83)126-75)139-76-63(47(108)35(96)22(8-84)127-76)138-71-52(113)58(38(99)24(10-86)123-71)132-70-53(114)59(39(100)25(11-87)122-70)134-74-62(46(107)34(95)20(6-82)125-74)137-69-50(111)44(105)32(93)18(4-80)121-69/h17-76,79-89,92-116H,3-14H2,1-2H3,(H,77,90)(H,78,91)/t17-,18-,19-,20-,21-,22-,23-,24-,25-,26-,27-,28-,29-,30-,31-,32-,33-,34-,35-,36-,37-,38-,39-,40-,41-,42-,43+,44+,45+,46+,47+,48+,49+,50-,51+,52+,53-,54+,55-,56-,57+,58+,59+,60+,61+,62-,63+,64+,65-,66+,67+,68-,69-,70-,71-,72+,73-,74-,75-,76-/m1/s1. The number of hydrogen-bond donors (Lipinski definition) is 38. The fraction of sp³-hybridized carbons (Fsp3) is 0.974. The Labute approximate surface area is 784 Å². The molecule has 0 unspecified atom stereocenters. The molecule has 808 valence electrons. The summed E-state index contributed by atoms with van der Waals surface area (Å²) >= 11 is 0. The number of aliphatic hydroxyl groups excluding tert-OH is 36. The Kier molecular flexibility index (Phi) is 41.0. The Morgan fingerprint density at radius 1 is 0.187 bits per heavy atom. The van der Waals surface area contributed by atoms with Gasteiger partial charge in [0.25, 0.3) is 0 Å². The van der Waals surface area contributed by atoms with Crippen molar-refractivity contribution in [2.75, 3.05) is 79.3 Å². The van der Waals surface area contributed by atoms with Crippen LogP contribution in [0.3, 0.4) is 0 Å². The summed E-state index contributed by atoms with van der Waals surface area (Å²) in [5.41, 5.74) is 0. The zero-order valence-electron chi connectivity index (χ0n) is 73.4. The van der Waals surface area contributed by atoms with Gasteiger partial charge in [0.05, 0.1) is 79.3 Å². The van der Waals surface area contributed by atoms with E-state index in [0.29, 0.717) is 0 Å². The predicted molar refractivity (Wildman–Crippen MR) is 418 cm³/mol. The van der Waals surface area contributed by atoms with Crippen LogP contribution >= 0.6 is 0 Å². The number of nitrogens with one attached hydrogen (secondary N) is 2. The summed E-state index contributed by atoms with van der Waals surface area (Å²) in [7, 11) is 0. The molecule has 12 rings (SSSR count). The van der Waals surface area contributed by atoms with Gasteiger partial charge in [0.2, 0.25) is 11.8 Å². The molecule has 12 aliphatic heterocycles. The molecule has 0 saturated carbocycles. The number of hydrogen-bond acceptors (Lipinski definition) is 61. The molecule has 0 aromatic carbocycles. The first kappa shape index (κ1) is 114. The van der Waals surface area contributed by atoms with E-state index in [4.69, 9.17) is 109 Å². The average molecular weight is 2050 g/mol. The largest absolute Gasteiger partial charge is 0.394 e. The van der Waals surface area contributed by atoms with E-state index < -0.39 is 459 Å². The van der Waals surface area contributed by atoms with Crippen LogP contribution in [0.25, 0.3) is 0 Å². The molecule has 0 aliphatic carbocycles. The van der Waals surface area contributed by atoms with Crippen molar-refractivity contribution >= 4 is 11.8 Å². The highest BCUT2D eigenvalue weighted by molar-refractivity contribution is 5.73. The molecule has 0 bridgehead atoms. The lowest BCUT2D eigenvalue weighted by molar-refractivity contribution is -0.413. The number of amides is 2. The molecule has 60 atom stereocenters. The lowest BCUT2D eigenvalue weighted by Crippen LogP contribution is -2.70. The molecule has 0 aromatic rings. The molecule has 0 radical (unpaired) electrons. The molecule has 38 N–H and O–H groups in total. The number of carbonyl (C=O) groups is 2. The number of carbonyl (C=O) groups excluding carboxylic acids is 2. The number of rotatable bonds is 36. The van der Waals surface area contributed by atoms with E-state index in [1.165, 1.54) is 0 Å². The molecule has 2 amide bonds. The van der Waals surface area contributed by atoms with Gasteiger partial charge in [-0.25, -0.2) is 0 Å². The Balaban J connectivity index is 0.838. The van der Waals surface area contributed by atoms with Crippen molar-refractivity contribution in [1.29, 1.82) is 0 Å². The van der Waals surface area contributed by atoms with E-state index in [1.807, 2.05) is 0 Å². The van der Waals surface area contributed by atoms with Crippen LogP contribution < -0.4 is 10.6 Å². The van der Waals surface area contributed by atoms with Gasteiger partial charge in [0.15, 0.2) is 75.5 Å². The third kappa shape index (κ3) is 24.4. The molecule has 139 heavy (non-hydrogen) atoms. The van der Waals surface area contributed by atoms with Gasteiger partial charge in [-0.05, 0) is 0 Å². The Morgan fingerprint density at radius 2 is 0.388 bits per heavy atom. The van der Waals surface area contributed by atoms with Crippen LogP contribution in [-0.2, 0) is 119 Å². The van der Waals surface area contributed by atoms with Crippen LogP contribution in [0.2, 0.25) is 0 Å². The van der Waals surface area contributed by atoms with Gasteiger partial charge in [0.1, 0.15) is 293 Å². The van der Waals surface area contributed by atoms with Crippen molar-refractivity contribution in [1.82, 2.24) is 10.6 Å². The van der Waals surface area contributed by atoms with E-state index in [9.17, 15) is 193 Å². The zero-order chi connectivity index (χ0) is 102. The molecule has 63 nitrogen and oxygen atoms in total. The van der Waals surface area contributed by atoms with Crippen LogP contribution in [0.4, 0.5) is 0 Å². The maximum absolute atomic E-state index is 13.1. The van der Waals surface area contributed by atoms with Gasteiger partial charge in [0, 0.05) is 13.8 Å². The third-order valence-corrected chi connectivity index (χ3v) is 25.9. The predicted octanol–water partition coefficient (Wildman–Crippen LogP) is -26.9. The minimum Gasteiger partial charge on any atom is -0.394 e. The van der Waals surface area contributed by atoms with Gasteiger partial charge in [-0.15, -0.1) is 0 Å². The molecule has 0 aromatic heterocycles. The van der Waals surface area contributed by atoms with Gasteiger partial charge in [-0.2, -0.15) is 0 Å². The summed E-state index contributed by atoms with van der Waals surface area (Å²) in [6.07, 6.45) is -129. The summed E-state index contributed by atoms with van der Waals surface area (Å²) in [6.45, 7) is -12.2. The quantitative estimate of drug-likeness (QED) is 0.0277. The van der Waals surface area contributed by atoms with Crippen LogP contribution in [0.1, 0.15) is 13.8 Å². The zero-order valence-corrected chi connectivity index (χ0v) is 73.4. The topological polar surface area (TPSA) is 999 Å². The molecule has 63 heteroatoms. The lowest BCUT2D eigenvalue weighted by Gasteiger charge is -2.51. The van der Waals surface area contributed by atoms with Gasteiger partial charge < -0.3 is 303 Å². The van der Waals surface area contributed by atoms with Crippen molar-refractivity contribution in [2.24, 2.45) is 0 Å². The first-order chi connectivity index (χ1) is 65.9. The minimum absolute atomic E-state index is 0.825. The highest BCUT2D eigenvalue weighted by Gasteiger charge is 2.64. The van der Waals surface area contributed by atoms with Crippen LogP contribution in [0, 0.1) is 0 Å². The van der Waals surface area contributed by atoms with Crippen molar-refractivity contribution < 1.29 is 302 Å². The Hall–Kier alpha value is -3.42. The molecule has 12 saturated heterocycles. The molecule has 0 spiro atoms. The second-order valence-corrected chi connectivity index (χ2v) is 35.1. The van der Waals surface area contributed by atoms with Gasteiger partial charge in [-0.1, -0.05) is 0 Å². The number of ether oxygens (including phenoxy) is 23. The maximum atomic E-state index is 13.1. The molecular weight excluding hydrogens is 1920 g/mol. The van der Waals surface area contributed by atoms with Crippen LogP contribution in [0.5, 0.6) is 0 Å². The van der Waals surface area contributed by atoms with Crippen molar-refractivity contribution in [2.45, 2.75) is 382 Å². The highest BCUT2D eigenvalue weighted by atomic mass is 16.8. The summed E-state index contributed by atoms with van der Waals surface area (Å²) < 4.78 is 135. The Morgan fingerprint density at radius 3 is 0.698 bits per heavy atom. The van der Waals surface area contributed by atoms with E-state index in [1.54, 1.807) is 0 Å². The number of aliphatic hydroxyl groups is 36. The van der Waals surface area contributed by atoms with Crippen molar-refractivity contribution in [3.63, 3.8) is 0 Å². The monoisotopic (exact) mass is 2040 g/mol. The Bertz CT molecular complexity index is 3730.